The molecule has 0 bridgehead atoms. The minimum Gasteiger partial charge on any atom is -0.357 e. The second-order valence-electron chi connectivity index (χ2n) is 7.11. The van der Waals surface area contributed by atoms with E-state index in [0.717, 1.165) is 30.5 Å². The summed E-state index contributed by atoms with van der Waals surface area (Å²) in [4.78, 5) is 16.2. The van der Waals surface area contributed by atoms with Gasteiger partial charge in [0.2, 0.25) is 5.91 Å². The Morgan fingerprint density at radius 3 is 2.50 bits per heavy atom. The summed E-state index contributed by atoms with van der Waals surface area (Å²) in [5.74, 6) is -5.08. The summed E-state index contributed by atoms with van der Waals surface area (Å²) < 4.78 is 53.5. The molecule has 0 aromatic heterocycles. The Kier molecular flexibility index (Phi) is 6.59. The monoisotopic (exact) mass is 422 g/mol. The van der Waals surface area contributed by atoms with Crippen LogP contribution in [-0.4, -0.2) is 31.5 Å². The van der Waals surface area contributed by atoms with E-state index in [0.29, 0.717) is 19.0 Å². The zero-order valence-electron chi connectivity index (χ0n) is 16.4. The zero-order chi connectivity index (χ0) is 21.7. The Morgan fingerprint density at radius 2 is 1.83 bits per heavy atom. The molecule has 30 heavy (non-hydrogen) atoms. The molecule has 160 valence electrons. The molecular formula is C21H22F4N4O. The number of aliphatic imine (C=N–C) groups is 1. The molecule has 5 nitrogen and oxygen atoms in total. The van der Waals surface area contributed by atoms with Crippen LogP contribution >= 0.6 is 0 Å². The number of anilines is 1. The van der Waals surface area contributed by atoms with Gasteiger partial charge >= 0.3 is 0 Å². The van der Waals surface area contributed by atoms with Gasteiger partial charge in [0.05, 0.1) is 5.69 Å². The van der Waals surface area contributed by atoms with Crippen molar-refractivity contribution in [2.75, 3.05) is 25.0 Å². The molecule has 0 radical (unpaired) electrons. The fraction of sp³-hybridized carbons (Fsp3) is 0.333. The van der Waals surface area contributed by atoms with Crippen LogP contribution in [0.4, 0.5) is 23.2 Å². The fourth-order valence-corrected chi connectivity index (χ4v) is 3.09. The van der Waals surface area contributed by atoms with Crippen molar-refractivity contribution in [3.63, 3.8) is 0 Å². The molecule has 3 N–H and O–H groups in total. The summed E-state index contributed by atoms with van der Waals surface area (Å²) in [6.45, 7) is 2.54. The SMILES string of the molecule is CCNC(=NCC(=O)Nc1ccc(F)c(F)c1F)NCC1(c2cccc(F)c2)CC1. The van der Waals surface area contributed by atoms with Crippen molar-refractivity contribution in [3.05, 3.63) is 65.2 Å². The van der Waals surface area contributed by atoms with E-state index in [9.17, 15) is 22.4 Å². The van der Waals surface area contributed by atoms with Crippen molar-refractivity contribution in [1.82, 2.24) is 10.6 Å². The number of amides is 1. The smallest absolute Gasteiger partial charge is 0.246 e. The molecule has 2 aromatic rings. The van der Waals surface area contributed by atoms with Gasteiger partial charge in [-0.15, -0.1) is 0 Å². The first-order valence-electron chi connectivity index (χ1n) is 9.56. The lowest BCUT2D eigenvalue weighted by atomic mass is 9.96. The summed E-state index contributed by atoms with van der Waals surface area (Å²) in [5, 5.41) is 8.30. The highest BCUT2D eigenvalue weighted by atomic mass is 19.2. The van der Waals surface area contributed by atoms with Crippen LogP contribution < -0.4 is 16.0 Å². The third kappa shape index (κ3) is 5.08. The van der Waals surface area contributed by atoms with Crippen molar-refractivity contribution in [2.24, 2.45) is 4.99 Å². The highest BCUT2D eigenvalue weighted by Gasteiger charge is 2.44. The number of hydrogen-bond donors (Lipinski definition) is 3. The average Bonchev–Trinajstić information content (AvgIpc) is 3.52. The van der Waals surface area contributed by atoms with Crippen molar-refractivity contribution in [2.45, 2.75) is 25.2 Å². The summed E-state index contributed by atoms with van der Waals surface area (Å²) in [6, 6.07) is 8.13. The van der Waals surface area contributed by atoms with E-state index in [-0.39, 0.29) is 17.8 Å². The Hall–Kier alpha value is -3.10. The second kappa shape index (κ2) is 9.15. The van der Waals surface area contributed by atoms with E-state index >= 15 is 0 Å². The standard InChI is InChI=1S/C21H22F4N4O/c1-2-26-20(28-12-21(8-9-21)13-4-3-5-14(22)10-13)27-11-17(30)29-16-7-6-15(23)18(24)19(16)25/h3-7,10H,2,8-9,11-12H2,1H3,(H,29,30)(H2,26,27,28). The van der Waals surface area contributed by atoms with E-state index in [1.165, 1.54) is 12.1 Å². The van der Waals surface area contributed by atoms with Crippen LogP contribution in [0.5, 0.6) is 0 Å². The molecule has 0 heterocycles. The van der Waals surface area contributed by atoms with Crippen molar-refractivity contribution in [1.29, 1.82) is 0 Å². The maximum absolute atomic E-state index is 13.7. The summed E-state index contributed by atoms with van der Waals surface area (Å²) >= 11 is 0. The number of halogens is 4. The molecule has 1 saturated carbocycles. The van der Waals surface area contributed by atoms with Crippen LogP contribution in [0, 0.1) is 23.3 Å². The first-order valence-corrected chi connectivity index (χ1v) is 9.56. The molecule has 1 amide bonds. The van der Waals surface area contributed by atoms with Gasteiger partial charge in [0, 0.05) is 18.5 Å². The quantitative estimate of drug-likeness (QED) is 0.277. The average molecular weight is 422 g/mol. The van der Waals surface area contributed by atoms with Crippen molar-refractivity contribution < 1.29 is 22.4 Å². The fourth-order valence-electron chi connectivity index (χ4n) is 3.09. The number of rotatable bonds is 7. The van der Waals surface area contributed by atoms with Crippen LogP contribution in [-0.2, 0) is 10.2 Å². The Morgan fingerprint density at radius 1 is 1.07 bits per heavy atom. The van der Waals surface area contributed by atoms with Crippen molar-refractivity contribution >= 4 is 17.6 Å². The molecule has 1 aliphatic carbocycles. The van der Waals surface area contributed by atoms with Crippen molar-refractivity contribution in [3.8, 4) is 0 Å². The maximum atomic E-state index is 13.7. The second-order valence-corrected chi connectivity index (χ2v) is 7.11. The van der Waals surface area contributed by atoms with Crippen LogP contribution in [0.3, 0.4) is 0 Å². The van der Waals surface area contributed by atoms with Gasteiger partial charge in [0.15, 0.2) is 23.4 Å². The molecule has 0 saturated heterocycles. The Bertz CT molecular complexity index is 960. The normalized spacial score (nSPS) is 14.9. The molecule has 1 fully saturated rings. The van der Waals surface area contributed by atoms with Crippen LogP contribution in [0.1, 0.15) is 25.3 Å². The van der Waals surface area contributed by atoms with Gasteiger partial charge in [-0.05, 0) is 49.6 Å². The molecule has 1 aliphatic rings. The molecule has 2 aromatic carbocycles. The molecule has 9 heteroatoms. The molecule has 0 atom stereocenters. The number of nitrogens with one attached hydrogen (secondary N) is 3. The van der Waals surface area contributed by atoms with Crippen LogP contribution in [0.25, 0.3) is 0 Å². The zero-order valence-corrected chi connectivity index (χ0v) is 16.4. The van der Waals surface area contributed by atoms with E-state index in [4.69, 9.17) is 0 Å². The highest BCUT2D eigenvalue weighted by molar-refractivity contribution is 5.94. The lowest BCUT2D eigenvalue weighted by Gasteiger charge is -2.19. The number of carbonyl (C=O) groups is 1. The highest BCUT2D eigenvalue weighted by Crippen LogP contribution is 2.47. The minimum atomic E-state index is -1.65. The predicted molar refractivity (Wildman–Crippen MR) is 106 cm³/mol. The van der Waals surface area contributed by atoms with Gasteiger partial charge in [-0.2, -0.15) is 0 Å². The van der Waals surface area contributed by atoms with Crippen LogP contribution in [0.2, 0.25) is 0 Å². The third-order valence-electron chi connectivity index (χ3n) is 4.92. The lowest BCUT2D eigenvalue weighted by molar-refractivity contribution is -0.114. The van der Waals surface area contributed by atoms with Gasteiger partial charge < -0.3 is 16.0 Å². The van der Waals surface area contributed by atoms with Gasteiger partial charge in [0.1, 0.15) is 12.4 Å². The predicted octanol–water partition coefficient (Wildman–Crippen LogP) is 3.47. The Balaban J connectivity index is 1.61. The van der Waals surface area contributed by atoms with Gasteiger partial charge in [-0.25, -0.2) is 22.6 Å². The third-order valence-corrected chi connectivity index (χ3v) is 4.92. The lowest BCUT2D eigenvalue weighted by Crippen LogP contribution is -2.41. The van der Waals surface area contributed by atoms with Gasteiger partial charge in [-0.3, -0.25) is 4.79 Å². The molecule has 0 spiro atoms. The van der Waals surface area contributed by atoms with E-state index in [2.05, 4.69) is 20.9 Å². The number of guanidine groups is 1. The summed E-state index contributed by atoms with van der Waals surface area (Å²) in [6.07, 6.45) is 1.80. The summed E-state index contributed by atoms with van der Waals surface area (Å²) in [5.41, 5.74) is 0.252. The first-order chi connectivity index (χ1) is 14.3. The number of benzene rings is 2. The maximum Gasteiger partial charge on any atom is 0.246 e. The van der Waals surface area contributed by atoms with E-state index in [1.54, 1.807) is 6.07 Å². The minimum absolute atomic E-state index is 0.185. The van der Waals surface area contributed by atoms with Gasteiger partial charge in [-0.1, -0.05) is 12.1 Å². The topological polar surface area (TPSA) is 65.5 Å². The van der Waals surface area contributed by atoms with Gasteiger partial charge in [0.25, 0.3) is 0 Å². The molecule has 0 aliphatic heterocycles. The Labute approximate surface area is 171 Å². The van der Waals surface area contributed by atoms with E-state index < -0.39 is 29.0 Å². The largest absolute Gasteiger partial charge is 0.357 e. The molecule has 0 unspecified atom stereocenters. The first kappa shape index (κ1) is 21.6. The number of hydrogen-bond acceptors (Lipinski definition) is 2. The number of nitrogens with zero attached hydrogens (tertiary/aromatic N) is 1. The van der Waals surface area contributed by atoms with E-state index in [1.807, 2.05) is 13.0 Å². The molecular weight excluding hydrogens is 400 g/mol. The van der Waals surface area contributed by atoms with Crippen LogP contribution in [0.15, 0.2) is 41.4 Å². The molecule has 3 rings (SSSR count). The summed E-state index contributed by atoms with van der Waals surface area (Å²) in [7, 11) is 0. The number of carbonyl (C=O) groups excluding carboxylic acids is 1.